The molecule has 0 spiro atoms. The number of benzene rings is 1. The second-order valence-corrected chi connectivity index (χ2v) is 8.03. The molecule has 0 radical (unpaired) electrons. The largest absolute Gasteiger partial charge is 0.368 e. The van der Waals surface area contributed by atoms with Crippen molar-refractivity contribution in [3.8, 4) is 11.1 Å². The van der Waals surface area contributed by atoms with Gasteiger partial charge in [0.15, 0.2) is 0 Å². The molecule has 7 nitrogen and oxygen atoms in total. The van der Waals surface area contributed by atoms with Crippen molar-refractivity contribution in [2.45, 2.75) is 24.8 Å². The molecule has 0 atom stereocenters. The maximum Gasteiger partial charge on any atom is 0.260 e. The van der Waals surface area contributed by atoms with Gasteiger partial charge in [0.2, 0.25) is 11.1 Å². The number of thioether (sulfide) groups is 1. The molecule has 0 amide bonds. The van der Waals surface area contributed by atoms with E-state index in [2.05, 4.69) is 25.1 Å². The predicted molar refractivity (Wildman–Crippen MR) is 106 cm³/mol. The molecule has 26 heavy (non-hydrogen) atoms. The summed E-state index contributed by atoms with van der Waals surface area (Å²) in [5.41, 5.74) is 8.57. The van der Waals surface area contributed by atoms with Crippen molar-refractivity contribution >= 4 is 39.3 Å². The number of hydrogen-bond acceptors (Lipinski definition) is 7. The summed E-state index contributed by atoms with van der Waals surface area (Å²) in [6, 6.07) is 8.18. The highest BCUT2D eigenvalue weighted by atomic mass is 32.2. The van der Waals surface area contributed by atoms with Crippen LogP contribution in [0.5, 0.6) is 0 Å². The lowest BCUT2D eigenvalue weighted by molar-refractivity contribution is 0.966. The first-order valence-corrected chi connectivity index (χ1v) is 9.71. The average Bonchev–Trinajstić information content (AvgIpc) is 3.16. The number of anilines is 1. The number of nitrogens with one attached hydrogen (secondary N) is 2. The summed E-state index contributed by atoms with van der Waals surface area (Å²) in [6.07, 6.45) is 0. The number of aromatic amines is 2. The number of nitrogens with zero attached hydrogens (tertiary/aromatic N) is 3. The molecule has 3 heterocycles. The summed E-state index contributed by atoms with van der Waals surface area (Å²) in [5.74, 6) is 1.31. The molecule has 3 aromatic heterocycles. The zero-order chi connectivity index (χ0) is 18.3. The molecule has 0 saturated heterocycles. The van der Waals surface area contributed by atoms with Crippen LogP contribution in [-0.4, -0.2) is 25.1 Å². The van der Waals surface area contributed by atoms with Gasteiger partial charge < -0.3 is 10.7 Å². The minimum absolute atomic E-state index is 0.125. The van der Waals surface area contributed by atoms with Crippen LogP contribution in [0, 0.1) is 13.8 Å². The Morgan fingerprint density at radius 1 is 1.19 bits per heavy atom. The van der Waals surface area contributed by atoms with Gasteiger partial charge in [-0.15, -0.1) is 16.4 Å². The molecule has 0 saturated carbocycles. The van der Waals surface area contributed by atoms with Gasteiger partial charge in [-0.25, -0.2) is 10.1 Å². The van der Waals surface area contributed by atoms with Gasteiger partial charge in [-0.2, -0.15) is 4.98 Å². The van der Waals surface area contributed by atoms with Crippen LogP contribution in [0.3, 0.4) is 0 Å². The Labute approximate surface area is 157 Å². The monoisotopic (exact) mass is 384 g/mol. The number of fused-ring (bicyclic) bond motifs is 1. The van der Waals surface area contributed by atoms with E-state index in [1.54, 1.807) is 0 Å². The fourth-order valence-electron chi connectivity index (χ4n) is 2.76. The van der Waals surface area contributed by atoms with Gasteiger partial charge in [-0.05, 0) is 19.4 Å². The van der Waals surface area contributed by atoms with Crippen molar-refractivity contribution in [3.05, 3.63) is 50.9 Å². The highest BCUT2D eigenvalue weighted by Gasteiger charge is 2.17. The molecule has 4 N–H and O–H groups in total. The third kappa shape index (κ3) is 3.11. The van der Waals surface area contributed by atoms with E-state index in [0.29, 0.717) is 22.1 Å². The van der Waals surface area contributed by atoms with E-state index in [4.69, 9.17) is 5.73 Å². The summed E-state index contributed by atoms with van der Waals surface area (Å²) in [7, 11) is 0. The van der Waals surface area contributed by atoms with Crippen LogP contribution in [0.4, 0.5) is 5.95 Å². The van der Waals surface area contributed by atoms with Gasteiger partial charge in [0.25, 0.3) is 5.56 Å². The van der Waals surface area contributed by atoms with Gasteiger partial charge in [-0.1, -0.05) is 41.6 Å². The second-order valence-electron chi connectivity index (χ2n) is 5.88. The Morgan fingerprint density at radius 2 is 1.96 bits per heavy atom. The van der Waals surface area contributed by atoms with E-state index >= 15 is 0 Å². The van der Waals surface area contributed by atoms with E-state index < -0.39 is 0 Å². The molecular weight excluding hydrogens is 368 g/mol. The number of nitrogens with two attached hydrogens (primary N) is 1. The number of H-pyrrole nitrogens is 2. The predicted octanol–water partition coefficient (Wildman–Crippen LogP) is 3.26. The summed E-state index contributed by atoms with van der Waals surface area (Å²) in [6.45, 7) is 4.06. The molecule has 9 heteroatoms. The highest BCUT2D eigenvalue weighted by molar-refractivity contribution is 7.98. The quantitative estimate of drug-likeness (QED) is 0.465. The summed E-state index contributed by atoms with van der Waals surface area (Å²) >= 11 is 2.89. The van der Waals surface area contributed by atoms with Gasteiger partial charge >= 0.3 is 0 Å². The molecule has 1 aromatic carbocycles. The van der Waals surface area contributed by atoms with Crippen LogP contribution in [0.1, 0.15) is 16.3 Å². The Bertz CT molecular complexity index is 1140. The SMILES string of the molecule is Cc1ccc(-c2c(C)sc3nc(CSc4n[nH]c(N)n4)[nH]c(=O)c23)cc1. The topological polar surface area (TPSA) is 113 Å². The minimum Gasteiger partial charge on any atom is -0.368 e. The Hall–Kier alpha value is -2.65. The van der Waals surface area contributed by atoms with Crippen molar-refractivity contribution < 1.29 is 0 Å². The molecule has 0 unspecified atom stereocenters. The molecule has 0 aliphatic carbocycles. The lowest BCUT2D eigenvalue weighted by Crippen LogP contribution is -2.10. The molecule has 4 rings (SSSR count). The van der Waals surface area contributed by atoms with Crippen molar-refractivity contribution in [1.82, 2.24) is 25.1 Å². The van der Waals surface area contributed by atoms with Crippen LogP contribution in [-0.2, 0) is 5.75 Å². The number of rotatable bonds is 4. The number of aryl methyl sites for hydroxylation is 2. The van der Waals surface area contributed by atoms with E-state index in [1.807, 2.05) is 38.1 Å². The maximum absolute atomic E-state index is 12.7. The molecule has 0 aliphatic heterocycles. The first kappa shape index (κ1) is 16.8. The molecule has 0 bridgehead atoms. The van der Waals surface area contributed by atoms with Crippen LogP contribution in [0.25, 0.3) is 21.3 Å². The normalized spacial score (nSPS) is 11.3. The fraction of sp³-hybridized carbons (Fsp3) is 0.176. The third-order valence-corrected chi connectivity index (χ3v) is 5.81. The average molecular weight is 384 g/mol. The lowest BCUT2D eigenvalue weighted by atomic mass is 10.0. The van der Waals surface area contributed by atoms with E-state index in [9.17, 15) is 4.79 Å². The molecule has 4 aromatic rings. The fourth-order valence-corrected chi connectivity index (χ4v) is 4.50. The van der Waals surface area contributed by atoms with Crippen molar-refractivity contribution in [2.75, 3.05) is 5.73 Å². The first-order valence-electron chi connectivity index (χ1n) is 7.91. The zero-order valence-electron chi connectivity index (χ0n) is 14.2. The smallest absolute Gasteiger partial charge is 0.260 e. The van der Waals surface area contributed by atoms with Crippen molar-refractivity contribution in [2.24, 2.45) is 0 Å². The van der Waals surface area contributed by atoms with Crippen LogP contribution in [0.2, 0.25) is 0 Å². The number of thiophene rings is 1. The first-order chi connectivity index (χ1) is 12.5. The van der Waals surface area contributed by atoms with E-state index in [1.165, 1.54) is 28.7 Å². The van der Waals surface area contributed by atoms with Crippen molar-refractivity contribution in [3.63, 3.8) is 0 Å². The van der Waals surface area contributed by atoms with Crippen LogP contribution in [0.15, 0.2) is 34.2 Å². The van der Waals surface area contributed by atoms with Gasteiger partial charge in [0.05, 0.1) is 11.1 Å². The molecule has 132 valence electrons. The van der Waals surface area contributed by atoms with Crippen LogP contribution >= 0.6 is 23.1 Å². The Morgan fingerprint density at radius 3 is 2.65 bits per heavy atom. The lowest BCUT2D eigenvalue weighted by Gasteiger charge is -2.03. The van der Waals surface area contributed by atoms with Crippen LogP contribution < -0.4 is 11.3 Å². The molecule has 0 fully saturated rings. The third-order valence-electron chi connectivity index (χ3n) is 3.95. The van der Waals surface area contributed by atoms with E-state index in [0.717, 1.165) is 20.8 Å². The Balaban J connectivity index is 1.72. The standard InChI is InChI=1S/C17H16N6OS2/c1-8-3-5-10(6-4-8)12-9(2)26-15-13(12)14(24)19-11(20-15)7-25-17-21-16(18)22-23-17/h3-6H,7H2,1-2H3,(H,19,20,24)(H3,18,21,22,23). The second kappa shape index (κ2) is 6.58. The summed E-state index contributed by atoms with van der Waals surface area (Å²) in [5, 5.41) is 7.72. The maximum atomic E-state index is 12.7. The number of nitrogen functional groups attached to an aromatic ring is 1. The minimum atomic E-state index is -0.125. The Kier molecular flexibility index (Phi) is 4.25. The summed E-state index contributed by atoms with van der Waals surface area (Å²) < 4.78 is 0. The summed E-state index contributed by atoms with van der Waals surface area (Å²) in [4.78, 5) is 26.1. The molecular formula is C17H16N6OS2. The van der Waals surface area contributed by atoms with Gasteiger partial charge in [-0.3, -0.25) is 4.79 Å². The zero-order valence-corrected chi connectivity index (χ0v) is 15.8. The number of aromatic nitrogens is 5. The van der Waals surface area contributed by atoms with E-state index in [-0.39, 0.29) is 11.5 Å². The molecule has 0 aliphatic rings. The van der Waals surface area contributed by atoms with Crippen molar-refractivity contribution in [1.29, 1.82) is 0 Å². The van der Waals surface area contributed by atoms with Gasteiger partial charge in [0, 0.05) is 10.4 Å². The number of hydrogen-bond donors (Lipinski definition) is 3. The highest BCUT2D eigenvalue weighted by Crippen LogP contribution is 2.35. The van der Waals surface area contributed by atoms with Gasteiger partial charge in [0.1, 0.15) is 10.7 Å².